The van der Waals surface area contributed by atoms with Gasteiger partial charge in [0.05, 0.1) is 0 Å². The third kappa shape index (κ3) is 2.20. The van der Waals surface area contributed by atoms with Gasteiger partial charge in [0.15, 0.2) is 0 Å². The van der Waals surface area contributed by atoms with Gasteiger partial charge in [0.2, 0.25) is 5.91 Å². The van der Waals surface area contributed by atoms with Crippen LogP contribution in [0, 0.1) is 12.8 Å². The summed E-state index contributed by atoms with van der Waals surface area (Å²) in [6.45, 7) is 2.37. The topological polar surface area (TPSA) is 57.6 Å². The summed E-state index contributed by atoms with van der Waals surface area (Å²) in [5.41, 5.74) is 1.75. The molecule has 1 N–H and O–H groups in total. The Kier molecular flexibility index (Phi) is 3.19. The Bertz CT molecular complexity index is 487. The minimum absolute atomic E-state index is 0.317. The summed E-state index contributed by atoms with van der Waals surface area (Å²) < 4.78 is 0.945. The van der Waals surface area contributed by atoms with Crippen molar-refractivity contribution >= 4 is 33.5 Å². The van der Waals surface area contributed by atoms with E-state index in [-0.39, 0.29) is 5.91 Å². The number of carboxylic acid groups (broad SMARTS) is 1. The summed E-state index contributed by atoms with van der Waals surface area (Å²) in [5, 5.41) is 8.91. The molecular weight excluding hydrogens is 286 g/mol. The van der Waals surface area contributed by atoms with Crippen LogP contribution in [-0.4, -0.2) is 23.5 Å². The molecule has 90 valence electrons. The first kappa shape index (κ1) is 12.1. The molecule has 1 amide bonds. The standard InChI is InChI=1S/C12H12BrNO3/c1-7-6-8(13)2-3-10(7)14-5-4-9(11(14)15)12(16)17/h2-3,6,9H,4-5H2,1H3,(H,16,17)/t9-/m0/s1. The number of aliphatic carboxylic acids is 1. The van der Waals surface area contributed by atoms with Gasteiger partial charge in [0.25, 0.3) is 0 Å². The molecule has 1 heterocycles. The molecule has 1 aliphatic heterocycles. The van der Waals surface area contributed by atoms with E-state index >= 15 is 0 Å². The molecule has 1 aliphatic rings. The molecule has 4 nitrogen and oxygen atoms in total. The highest BCUT2D eigenvalue weighted by Gasteiger charge is 2.37. The second-order valence-corrected chi connectivity index (χ2v) is 5.02. The number of benzene rings is 1. The van der Waals surface area contributed by atoms with Crippen molar-refractivity contribution in [1.29, 1.82) is 0 Å². The van der Waals surface area contributed by atoms with Crippen molar-refractivity contribution in [2.75, 3.05) is 11.4 Å². The van der Waals surface area contributed by atoms with Crippen LogP contribution in [0.15, 0.2) is 22.7 Å². The van der Waals surface area contributed by atoms with Crippen LogP contribution in [0.2, 0.25) is 0 Å². The Hall–Kier alpha value is -1.36. The smallest absolute Gasteiger partial charge is 0.316 e. The lowest BCUT2D eigenvalue weighted by Gasteiger charge is -2.18. The molecule has 0 unspecified atom stereocenters. The molecule has 0 spiro atoms. The molecule has 0 bridgehead atoms. The van der Waals surface area contributed by atoms with Gasteiger partial charge in [-0.2, -0.15) is 0 Å². The minimum Gasteiger partial charge on any atom is -0.481 e. The Morgan fingerprint density at radius 1 is 1.53 bits per heavy atom. The molecule has 0 aliphatic carbocycles. The van der Waals surface area contributed by atoms with Crippen molar-refractivity contribution in [2.24, 2.45) is 5.92 Å². The van der Waals surface area contributed by atoms with E-state index in [1.165, 1.54) is 0 Å². The zero-order valence-corrected chi connectivity index (χ0v) is 10.9. The predicted octanol–water partition coefficient (Wildman–Crippen LogP) is 2.20. The van der Waals surface area contributed by atoms with E-state index in [1.807, 2.05) is 25.1 Å². The largest absolute Gasteiger partial charge is 0.481 e. The van der Waals surface area contributed by atoms with Gasteiger partial charge in [0.1, 0.15) is 5.92 Å². The van der Waals surface area contributed by atoms with E-state index in [1.54, 1.807) is 4.90 Å². The summed E-state index contributed by atoms with van der Waals surface area (Å²) in [4.78, 5) is 24.3. The molecule has 17 heavy (non-hydrogen) atoms. The fraction of sp³-hybridized carbons (Fsp3) is 0.333. The van der Waals surface area contributed by atoms with Gasteiger partial charge >= 0.3 is 5.97 Å². The van der Waals surface area contributed by atoms with Crippen LogP contribution >= 0.6 is 15.9 Å². The van der Waals surface area contributed by atoms with Gasteiger partial charge in [0, 0.05) is 16.7 Å². The maximum absolute atomic E-state index is 11.9. The predicted molar refractivity (Wildman–Crippen MR) is 67.0 cm³/mol. The molecule has 0 saturated carbocycles. The number of carboxylic acids is 1. The Morgan fingerprint density at radius 3 is 2.76 bits per heavy atom. The van der Waals surface area contributed by atoms with E-state index in [0.29, 0.717) is 13.0 Å². The molecule has 1 atom stereocenters. The van der Waals surface area contributed by atoms with Crippen LogP contribution in [0.25, 0.3) is 0 Å². The number of hydrogen-bond acceptors (Lipinski definition) is 2. The van der Waals surface area contributed by atoms with Crippen LogP contribution in [0.3, 0.4) is 0 Å². The first-order valence-corrected chi connectivity index (χ1v) is 6.10. The van der Waals surface area contributed by atoms with E-state index in [9.17, 15) is 9.59 Å². The zero-order chi connectivity index (χ0) is 12.6. The summed E-state index contributed by atoms with van der Waals surface area (Å²) in [7, 11) is 0. The number of aryl methyl sites for hydroxylation is 1. The molecule has 2 rings (SSSR count). The van der Waals surface area contributed by atoms with E-state index in [0.717, 1.165) is 15.7 Å². The quantitative estimate of drug-likeness (QED) is 0.852. The first-order valence-electron chi connectivity index (χ1n) is 5.31. The number of carbonyl (C=O) groups excluding carboxylic acids is 1. The maximum atomic E-state index is 11.9. The maximum Gasteiger partial charge on any atom is 0.316 e. The molecular formula is C12H12BrNO3. The average molecular weight is 298 g/mol. The van der Waals surface area contributed by atoms with E-state index < -0.39 is 11.9 Å². The third-order valence-electron chi connectivity index (χ3n) is 2.95. The van der Waals surface area contributed by atoms with E-state index in [2.05, 4.69) is 15.9 Å². The van der Waals surface area contributed by atoms with Crippen molar-refractivity contribution in [3.63, 3.8) is 0 Å². The fourth-order valence-corrected chi connectivity index (χ4v) is 2.55. The Labute approximate surface area is 107 Å². The Morgan fingerprint density at radius 2 is 2.24 bits per heavy atom. The number of amides is 1. The van der Waals surface area contributed by atoms with Gasteiger partial charge in [-0.1, -0.05) is 15.9 Å². The number of hydrogen-bond donors (Lipinski definition) is 1. The number of carbonyl (C=O) groups is 2. The fourth-order valence-electron chi connectivity index (χ4n) is 2.07. The summed E-state index contributed by atoms with van der Waals surface area (Å²) in [6, 6.07) is 5.60. The molecule has 0 aromatic heterocycles. The van der Waals surface area contributed by atoms with Crippen molar-refractivity contribution in [3.05, 3.63) is 28.2 Å². The average Bonchev–Trinajstić information content (AvgIpc) is 2.60. The lowest BCUT2D eigenvalue weighted by Crippen LogP contribution is -2.30. The van der Waals surface area contributed by atoms with Gasteiger partial charge in [-0.15, -0.1) is 0 Å². The molecule has 1 aromatic carbocycles. The SMILES string of the molecule is Cc1cc(Br)ccc1N1CC[C@H](C(=O)O)C1=O. The zero-order valence-electron chi connectivity index (χ0n) is 9.31. The highest BCUT2D eigenvalue weighted by molar-refractivity contribution is 9.10. The molecule has 5 heteroatoms. The summed E-state index contributed by atoms with van der Waals surface area (Å²) >= 11 is 3.36. The van der Waals surface area contributed by atoms with Crippen LogP contribution in [-0.2, 0) is 9.59 Å². The van der Waals surface area contributed by atoms with Crippen molar-refractivity contribution < 1.29 is 14.7 Å². The van der Waals surface area contributed by atoms with Crippen LogP contribution in [0.5, 0.6) is 0 Å². The molecule has 1 aromatic rings. The normalized spacial score (nSPS) is 19.8. The summed E-state index contributed by atoms with van der Waals surface area (Å²) in [6.07, 6.45) is 0.379. The van der Waals surface area contributed by atoms with Crippen molar-refractivity contribution in [3.8, 4) is 0 Å². The third-order valence-corrected chi connectivity index (χ3v) is 3.45. The van der Waals surface area contributed by atoms with Crippen molar-refractivity contribution in [1.82, 2.24) is 0 Å². The van der Waals surface area contributed by atoms with Crippen LogP contribution < -0.4 is 4.90 Å². The van der Waals surface area contributed by atoms with Crippen LogP contribution in [0.1, 0.15) is 12.0 Å². The van der Waals surface area contributed by atoms with Crippen molar-refractivity contribution in [2.45, 2.75) is 13.3 Å². The lowest BCUT2D eigenvalue weighted by molar-refractivity contribution is -0.144. The number of halogens is 1. The van der Waals surface area contributed by atoms with Gasteiger partial charge in [-0.3, -0.25) is 9.59 Å². The number of rotatable bonds is 2. The van der Waals surface area contributed by atoms with Crippen LogP contribution in [0.4, 0.5) is 5.69 Å². The second kappa shape index (κ2) is 4.49. The highest BCUT2D eigenvalue weighted by atomic mass is 79.9. The second-order valence-electron chi connectivity index (χ2n) is 4.10. The minimum atomic E-state index is -1.03. The Balaban J connectivity index is 2.30. The van der Waals surface area contributed by atoms with Gasteiger partial charge < -0.3 is 10.0 Å². The van der Waals surface area contributed by atoms with E-state index in [4.69, 9.17) is 5.11 Å². The monoisotopic (exact) mass is 297 g/mol. The lowest BCUT2D eigenvalue weighted by atomic mass is 10.1. The highest BCUT2D eigenvalue weighted by Crippen LogP contribution is 2.29. The van der Waals surface area contributed by atoms with Gasteiger partial charge in [-0.05, 0) is 37.1 Å². The molecule has 1 saturated heterocycles. The first-order chi connectivity index (χ1) is 8.00. The summed E-state index contributed by atoms with van der Waals surface area (Å²) in [5.74, 6) is -2.24. The molecule has 1 fully saturated rings. The molecule has 0 radical (unpaired) electrons. The number of anilines is 1. The number of nitrogens with zero attached hydrogens (tertiary/aromatic N) is 1. The van der Waals surface area contributed by atoms with Gasteiger partial charge in [-0.25, -0.2) is 0 Å².